The molecule has 1 amide bonds. The van der Waals surface area contributed by atoms with Crippen molar-refractivity contribution in [2.75, 3.05) is 13.2 Å². The van der Waals surface area contributed by atoms with Crippen molar-refractivity contribution >= 4 is 19.9 Å². The molecule has 0 aromatic heterocycles. The van der Waals surface area contributed by atoms with Gasteiger partial charge < -0.3 is 19.5 Å². The summed E-state index contributed by atoms with van der Waals surface area (Å²) in [5.74, 6) is 0.814. The summed E-state index contributed by atoms with van der Waals surface area (Å²) < 4.78 is 58.2. The van der Waals surface area contributed by atoms with Crippen molar-refractivity contribution in [3.8, 4) is 17.6 Å². The van der Waals surface area contributed by atoms with Gasteiger partial charge >= 0.3 is 12.1 Å². The smallest absolute Gasteiger partial charge is 0.407 e. The van der Waals surface area contributed by atoms with Gasteiger partial charge in [0.15, 0.2) is 11.6 Å². The zero-order valence-corrected chi connectivity index (χ0v) is 22.6. The van der Waals surface area contributed by atoms with Crippen LogP contribution >= 0.6 is 0 Å². The van der Waals surface area contributed by atoms with Crippen LogP contribution in [0.3, 0.4) is 0 Å². The molecule has 38 heavy (non-hydrogen) atoms. The number of hydrogen-bond acceptors (Lipinski definition) is 5. The number of benzene rings is 1. The molecular formula is C28H35BF3NO5. The number of halogens is 3. The molecule has 10 heteroatoms. The molecule has 0 spiro atoms. The van der Waals surface area contributed by atoms with E-state index in [2.05, 4.69) is 17.2 Å². The first-order valence-corrected chi connectivity index (χ1v) is 12.9. The molecule has 1 fully saturated rings. The van der Waals surface area contributed by atoms with E-state index in [0.717, 1.165) is 25.7 Å². The summed E-state index contributed by atoms with van der Waals surface area (Å²) in [5.41, 5.74) is -1.08. The van der Waals surface area contributed by atoms with Crippen LogP contribution in [0.2, 0.25) is 5.31 Å². The van der Waals surface area contributed by atoms with Gasteiger partial charge in [-0.05, 0) is 76.8 Å². The molecule has 1 saturated carbocycles. The molecule has 2 aliphatic rings. The Morgan fingerprint density at radius 1 is 1.13 bits per heavy atom. The van der Waals surface area contributed by atoms with E-state index in [1.807, 2.05) is 0 Å². The molecule has 1 aromatic rings. The summed E-state index contributed by atoms with van der Waals surface area (Å²) in [6, 6.07) is 0. The largest absolute Gasteiger partial charge is 0.449 e. The van der Waals surface area contributed by atoms with Crippen LogP contribution in [-0.4, -0.2) is 44.8 Å². The molecule has 1 N–H and O–H groups in total. The number of fused-ring (bicyclic) bond motifs is 1. The zero-order chi connectivity index (χ0) is 28.3. The van der Waals surface area contributed by atoms with E-state index in [0.29, 0.717) is 5.92 Å². The van der Waals surface area contributed by atoms with E-state index < -0.39 is 46.9 Å². The third kappa shape index (κ3) is 7.05. The van der Waals surface area contributed by atoms with E-state index in [1.54, 1.807) is 20.8 Å². The Balaban J connectivity index is 1.38. The molecule has 4 atom stereocenters. The van der Waals surface area contributed by atoms with Gasteiger partial charge in [0.2, 0.25) is 11.6 Å². The predicted octanol–water partition coefficient (Wildman–Crippen LogP) is 5.47. The lowest BCUT2D eigenvalue weighted by atomic mass is 9.75. The van der Waals surface area contributed by atoms with Crippen molar-refractivity contribution in [2.45, 2.75) is 90.1 Å². The van der Waals surface area contributed by atoms with Gasteiger partial charge in [0, 0.05) is 19.3 Å². The lowest BCUT2D eigenvalue weighted by Gasteiger charge is -2.27. The van der Waals surface area contributed by atoms with Crippen LogP contribution in [0.15, 0.2) is 0 Å². The standard InChI is InChI=1S/C28H35BF3NO5/c1-16(11-12-21(34)38-25-23(31)18(3)17(2)22(30)24(25)32)37-15-27(4,5)33-26(35)36-14-20-19-10-8-6-7-9-13-28(19,20)29/h16,19-20H,8-15H2,1-5H3,(H,33,35). The van der Waals surface area contributed by atoms with Gasteiger partial charge in [0.1, 0.15) is 0 Å². The lowest BCUT2D eigenvalue weighted by molar-refractivity contribution is -0.135. The molecule has 2 aliphatic carbocycles. The fourth-order valence-corrected chi connectivity index (χ4v) is 4.81. The molecule has 0 heterocycles. The van der Waals surface area contributed by atoms with Crippen LogP contribution in [0.5, 0.6) is 5.75 Å². The minimum atomic E-state index is -1.54. The van der Waals surface area contributed by atoms with Crippen LogP contribution in [0, 0.1) is 55.0 Å². The van der Waals surface area contributed by atoms with Gasteiger partial charge in [-0.25, -0.2) is 13.6 Å². The van der Waals surface area contributed by atoms with E-state index in [1.165, 1.54) is 13.8 Å². The normalized spacial score (nSPS) is 23.2. The number of carbonyl (C=O) groups is 2. The number of alkyl carbamates (subject to hydrolysis) is 1. The highest BCUT2D eigenvalue weighted by Gasteiger charge is 2.59. The Bertz CT molecular complexity index is 1100. The maximum absolute atomic E-state index is 14.3. The quantitative estimate of drug-likeness (QED) is 0.142. The first-order valence-electron chi connectivity index (χ1n) is 12.9. The van der Waals surface area contributed by atoms with Crippen molar-refractivity contribution in [3.63, 3.8) is 0 Å². The lowest BCUT2D eigenvalue weighted by Crippen LogP contribution is -2.48. The summed E-state index contributed by atoms with van der Waals surface area (Å²) in [7, 11) is 6.50. The predicted molar refractivity (Wildman–Crippen MR) is 136 cm³/mol. The number of amides is 1. The monoisotopic (exact) mass is 533 g/mol. The Labute approximate surface area is 223 Å². The van der Waals surface area contributed by atoms with Crippen LogP contribution in [-0.2, 0) is 14.3 Å². The van der Waals surface area contributed by atoms with Gasteiger partial charge in [0.05, 0.1) is 32.7 Å². The highest BCUT2D eigenvalue weighted by Crippen LogP contribution is 2.68. The van der Waals surface area contributed by atoms with Crippen molar-refractivity contribution < 1.29 is 37.0 Å². The van der Waals surface area contributed by atoms with Crippen molar-refractivity contribution in [3.05, 3.63) is 28.6 Å². The third-order valence-corrected chi connectivity index (χ3v) is 7.49. The first kappa shape index (κ1) is 29.9. The fraction of sp³-hybridized carbons (Fsp3) is 0.643. The molecule has 3 rings (SSSR count). The molecule has 0 saturated heterocycles. The number of ether oxygens (including phenoxy) is 3. The van der Waals surface area contributed by atoms with Crippen molar-refractivity contribution in [2.24, 2.45) is 11.8 Å². The highest BCUT2D eigenvalue weighted by molar-refractivity contribution is 6.18. The van der Waals surface area contributed by atoms with Gasteiger partial charge in [-0.2, -0.15) is 4.39 Å². The molecule has 0 bridgehead atoms. The number of nitrogens with one attached hydrogen (secondary N) is 1. The minimum Gasteiger partial charge on any atom is -0.449 e. The molecular weight excluding hydrogens is 498 g/mol. The Morgan fingerprint density at radius 3 is 2.50 bits per heavy atom. The van der Waals surface area contributed by atoms with E-state index in [-0.39, 0.29) is 48.4 Å². The number of hydrogen-bond donors (Lipinski definition) is 1. The molecule has 6 nitrogen and oxygen atoms in total. The highest BCUT2D eigenvalue weighted by atomic mass is 19.2. The fourth-order valence-electron chi connectivity index (χ4n) is 4.81. The van der Waals surface area contributed by atoms with Gasteiger partial charge in [-0.15, -0.1) is 11.8 Å². The van der Waals surface area contributed by atoms with Crippen molar-refractivity contribution in [1.82, 2.24) is 5.32 Å². The first-order chi connectivity index (χ1) is 17.8. The van der Waals surface area contributed by atoms with E-state index in [4.69, 9.17) is 22.1 Å². The van der Waals surface area contributed by atoms with Crippen LogP contribution in [0.25, 0.3) is 0 Å². The molecule has 0 aliphatic heterocycles. The maximum atomic E-state index is 14.3. The SMILES string of the molecule is [B]C12CCC#CCCC1C2COC(=O)NC(C)(C)COC(C)CCC(=O)Oc1c(F)c(C)c(C)c(F)c1F. The molecule has 4 unspecified atom stereocenters. The summed E-state index contributed by atoms with van der Waals surface area (Å²) >= 11 is 0. The summed E-state index contributed by atoms with van der Waals surface area (Å²) in [4.78, 5) is 24.5. The van der Waals surface area contributed by atoms with Gasteiger partial charge in [-0.1, -0.05) is 5.31 Å². The molecule has 2 radical (unpaired) electrons. The summed E-state index contributed by atoms with van der Waals surface area (Å²) in [6.45, 7) is 8.12. The van der Waals surface area contributed by atoms with Crippen LogP contribution < -0.4 is 10.1 Å². The Kier molecular flexibility index (Phi) is 9.45. The van der Waals surface area contributed by atoms with Gasteiger partial charge in [0.25, 0.3) is 0 Å². The van der Waals surface area contributed by atoms with E-state index in [9.17, 15) is 22.8 Å². The second-order valence-electron chi connectivity index (χ2n) is 11.0. The second kappa shape index (κ2) is 12.0. The average molecular weight is 533 g/mol. The molecule has 206 valence electrons. The topological polar surface area (TPSA) is 73.9 Å². The number of carbonyl (C=O) groups excluding carboxylic acids is 2. The average Bonchev–Trinajstić information content (AvgIpc) is 3.40. The van der Waals surface area contributed by atoms with Crippen LogP contribution in [0.4, 0.5) is 18.0 Å². The van der Waals surface area contributed by atoms with E-state index >= 15 is 0 Å². The molecule has 1 aromatic carbocycles. The third-order valence-electron chi connectivity index (χ3n) is 7.49. The van der Waals surface area contributed by atoms with Gasteiger partial charge in [-0.3, -0.25) is 4.79 Å². The zero-order valence-electron chi connectivity index (χ0n) is 22.6. The number of esters is 1. The Morgan fingerprint density at radius 2 is 1.79 bits per heavy atom. The minimum absolute atomic E-state index is 0.119. The number of rotatable bonds is 10. The summed E-state index contributed by atoms with van der Waals surface area (Å²) in [6.07, 6.45) is 2.25. The summed E-state index contributed by atoms with van der Waals surface area (Å²) in [5, 5.41) is 2.47. The maximum Gasteiger partial charge on any atom is 0.407 e. The van der Waals surface area contributed by atoms with Crippen molar-refractivity contribution in [1.29, 1.82) is 0 Å². The van der Waals surface area contributed by atoms with Crippen LogP contribution in [0.1, 0.15) is 70.4 Å². The Hall–Kier alpha value is -2.67. The second-order valence-corrected chi connectivity index (χ2v) is 11.0.